The normalized spacial score (nSPS) is 11.9. The predicted molar refractivity (Wildman–Crippen MR) is 140 cm³/mol. The minimum Gasteiger partial charge on any atom is -0.678 e. The fraction of sp³-hybridized carbons (Fsp3) is 0.357. The Labute approximate surface area is 219 Å². The zero-order chi connectivity index (χ0) is 24.8. The molecule has 0 saturated carbocycles. The Morgan fingerprint density at radius 2 is 1.32 bits per heavy atom. The van der Waals surface area contributed by atoms with Crippen LogP contribution in [0.2, 0.25) is 0 Å². The maximum Gasteiger partial charge on any atom is 2.00 e. The molecule has 1 N–H and O–H groups in total. The van der Waals surface area contributed by atoms with E-state index < -0.39 is 16.1 Å². The van der Waals surface area contributed by atoms with Crippen LogP contribution in [0.25, 0.3) is 10.5 Å². The third kappa shape index (κ3) is 8.13. The van der Waals surface area contributed by atoms with Crippen LogP contribution in [-0.2, 0) is 29.5 Å². The van der Waals surface area contributed by atoms with E-state index in [1.54, 1.807) is 26.0 Å². The summed E-state index contributed by atoms with van der Waals surface area (Å²) in [6.45, 7) is 14.2. The Balaban J connectivity index is 0.000000407. The van der Waals surface area contributed by atoms with Crippen LogP contribution in [0.4, 0.5) is 0 Å². The first-order valence-electron chi connectivity index (χ1n) is 11.3. The second kappa shape index (κ2) is 13.3. The van der Waals surface area contributed by atoms with E-state index in [9.17, 15) is 8.42 Å². The molecule has 3 aromatic carbocycles. The molecule has 0 aliphatic rings. The molecule has 0 radical (unpaired) electrons. The summed E-state index contributed by atoms with van der Waals surface area (Å²) in [4.78, 5) is 0.257. The molecule has 0 bridgehead atoms. The molecule has 34 heavy (non-hydrogen) atoms. The molecule has 1 unspecified atom stereocenters. The largest absolute Gasteiger partial charge is 2.00 e. The van der Waals surface area contributed by atoms with E-state index in [0.717, 1.165) is 11.1 Å². The smallest absolute Gasteiger partial charge is 0.678 e. The Hall–Kier alpha value is -1.85. The van der Waals surface area contributed by atoms with Crippen molar-refractivity contribution in [1.29, 1.82) is 0 Å². The van der Waals surface area contributed by atoms with Crippen molar-refractivity contribution in [1.82, 2.24) is 0 Å². The van der Waals surface area contributed by atoms with E-state index in [-0.39, 0.29) is 30.9 Å². The second-order valence-corrected chi connectivity index (χ2v) is 10.5. The van der Waals surface area contributed by atoms with E-state index in [2.05, 4.69) is 50.6 Å². The van der Waals surface area contributed by atoms with Crippen molar-refractivity contribution < 1.29 is 27.9 Å². The number of benzene rings is 3. The van der Waals surface area contributed by atoms with Gasteiger partial charge in [0.25, 0.3) is 0 Å². The molecular formula is C28H36N2O2RuS. The van der Waals surface area contributed by atoms with Gasteiger partial charge >= 0.3 is 19.5 Å². The van der Waals surface area contributed by atoms with Gasteiger partial charge in [-0.15, -0.1) is 6.04 Å². The second-order valence-electron chi connectivity index (χ2n) is 8.94. The van der Waals surface area contributed by atoms with Gasteiger partial charge in [0.2, 0.25) is 0 Å². The minimum absolute atomic E-state index is 0. The fourth-order valence-electron chi connectivity index (χ4n) is 3.81. The molecule has 0 saturated heterocycles. The predicted octanol–water partition coefficient (Wildman–Crippen LogP) is 7.89. The van der Waals surface area contributed by atoms with Crippen molar-refractivity contribution in [2.75, 3.05) is 6.54 Å². The summed E-state index contributed by atoms with van der Waals surface area (Å²) in [5.74, 6) is 0.647. The minimum atomic E-state index is -3.79. The van der Waals surface area contributed by atoms with Crippen molar-refractivity contribution in [2.45, 2.75) is 65.3 Å². The molecule has 0 amide bonds. The third-order valence-electron chi connectivity index (χ3n) is 5.70. The van der Waals surface area contributed by atoms with E-state index >= 15 is 0 Å². The molecule has 0 aromatic heterocycles. The van der Waals surface area contributed by atoms with Gasteiger partial charge in [-0.25, -0.2) is 8.42 Å². The van der Waals surface area contributed by atoms with Crippen molar-refractivity contribution in [3.8, 4) is 0 Å². The van der Waals surface area contributed by atoms with Gasteiger partial charge in [-0.2, -0.15) is 6.54 Å². The van der Waals surface area contributed by atoms with Gasteiger partial charge < -0.3 is 10.5 Å². The van der Waals surface area contributed by atoms with Crippen LogP contribution in [0.5, 0.6) is 0 Å². The monoisotopic (exact) mass is 566 g/mol. The molecule has 0 aliphatic carbocycles. The molecule has 0 heterocycles. The van der Waals surface area contributed by atoms with Crippen LogP contribution in [0.15, 0.2) is 65.6 Å². The van der Waals surface area contributed by atoms with Crippen LogP contribution in [0, 0.1) is 34.6 Å². The SMILES string of the molecule is Cc1cc(C)c(S(=O)(=O)[N-]C(C[NH-])c2ccccc2)c(C)c1.Cc1ccc(C(C)C)cc1C.[Ru+2]. The molecule has 0 fully saturated rings. The molecule has 3 rings (SSSR count). The molecular weight excluding hydrogens is 529 g/mol. The van der Waals surface area contributed by atoms with Crippen LogP contribution in [0.3, 0.4) is 0 Å². The summed E-state index contributed by atoms with van der Waals surface area (Å²) in [7, 11) is -3.79. The van der Waals surface area contributed by atoms with Crippen molar-refractivity contribution in [3.63, 3.8) is 0 Å². The Bertz CT molecular complexity index is 1150. The van der Waals surface area contributed by atoms with Crippen LogP contribution in [-0.4, -0.2) is 15.0 Å². The zero-order valence-electron chi connectivity index (χ0n) is 21.2. The first-order chi connectivity index (χ1) is 15.5. The van der Waals surface area contributed by atoms with Gasteiger partial charge in [-0.1, -0.05) is 85.6 Å². The van der Waals surface area contributed by atoms with Gasteiger partial charge in [0.05, 0.1) is 4.90 Å². The number of rotatable bonds is 6. The first-order valence-corrected chi connectivity index (χ1v) is 12.7. The molecule has 6 heteroatoms. The number of nitrogens with zero attached hydrogens (tertiary/aromatic N) is 1. The first kappa shape index (κ1) is 30.2. The van der Waals surface area contributed by atoms with Gasteiger partial charge in [0, 0.05) is 0 Å². The maximum absolute atomic E-state index is 12.7. The summed E-state index contributed by atoms with van der Waals surface area (Å²) in [5.41, 5.74) is 15.0. The van der Waals surface area contributed by atoms with E-state index in [1.807, 2.05) is 37.3 Å². The van der Waals surface area contributed by atoms with E-state index in [1.165, 1.54) is 16.7 Å². The number of nitrogens with one attached hydrogen (secondary N) is 1. The maximum atomic E-state index is 12.7. The fourth-order valence-corrected chi connectivity index (χ4v) is 5.38. The van der Waals surface area contributed by atoms with Gasteiger partial charge in [-0.05, 0) is 68.4 Å². The Kier molecular flexibility index (Phi) is 11.8. The number of hydrogen-bond donors (Lipinski definition) is 0. The summed E-state index contributed by atoms with van der Waals surface area (Å²) >= 11 is 0. The standard InChI is InChI=1S/C17H20N2O2S.C11H16.Ru/c1-12-9-13(2)17(14(3)10-12)22(20,21)19-16(11-18)15-7-5-4-6-8-15;1-8(2)11-6-5-9(3)10(4)7-11;/h4-10,16,18H,11H2,1-3H3;5-8H,1-4H3;/q-2;;+2. The average Bonchev–Trinajstić information content (AvgIpc) is 2.74. The summed E-state index contributed by atoms with van der Waals surface area (Å²) in [6, 6.07) is 18.8. The molecule has 184 valence electrons. The van der Waals surface area contributed by atoms with Gasteiger partial charge in [0.15, 0.2) is 0 Å². The van der Waals surface area contributed by atoms with E-state index in [4.69, 9.17) is 5.73 Å². The summed E-state index contributed by atoms with van der Waals surface area (Å²) in [5, 5.41) is 0. The topological polar surface area (TPSA) is 72.0 Å². The van der Waals surface area contributed by atoms with Crippen LogP contribution in [0.1, 0.15) is 64.8 Å². The quantitative estimate of drug-likeness (QED) is 0.285. The number of hydrogen-bond acceptors (Lipinski definition) is 2. The Morgan fingerprint density at radius 1 is 0.765 bits per heavy atom. The molecule has 3 aromatic rings. The molecule has 1 atom stereocenters. The molecule has 0 spiro atoms. The molecule has 0 aliphatic heterocycles. The summed E-state index contributed by atoms with van der Waals surface area (Å²) in [6.07, 6.45) is 0. The van der Waals surface area contributed by atoms with Crippen LogP contribution < -0.4 is 0 Å². The molecule has 4 nitrogen and oxygen atoms in total. The zero-order valence-corrected chi connectivity index (χ0v) is 23.7. The van der Waals surface area contributed by atoms with Crippen LogP contribution >= 0.6 is 0 Å². The van der Waals surface area contributed by atoms with Gasteiger partial charge in [-0.3, -0.25) is 0 Å². The van der Waals surface area contributed by atoms with E-state index in [0.29, 0.717) is 17.0 Å². The number of aryl methyl sites for hydroxylation is 5. The third-order valence-corrected chi connectivity index (χ3v) is 7.40. The van der Waals surface area contributed by atoms with Crippen molar-refractivity contribution in [3.05, 3.63) is 110 Å². The van der Waals surface area contributed by atoms with Gasteiger partial charge in [0.1, 0.15) is 10.0 Å². The van der Waals surface area contributed by atoms with Crippen molar-refractivity contribution >= 4 is 10.0 Å². The summed E-state index contributed by atoms with van der Waals surface area (Å²) < 4.78 is 29.4. The van der Waals surface area contributed by atoms with Crippen molar-refractivity contribution in [2.24, 2.45) is 0 Å². The Morgan fingerprint density at radius 3 is 1.79 bits per heavy atom. The number of sulfonamides is 1. The average molecular weight is 566 g/mol.